The van der Waals surface area contributed by atoms with Gasteiger partial charge in [0.25, 0.3) is 14.7 Å². The molecular weight excluding hydrogens is 278 g/mol. The zero-order valence-electron chi connectivity index (χ0n) is 9.51. The molecule has 0 heterocycles. The first kappa shape index (κ1) is 14.5. The molecule has 1 rings (SSSR count). The Labute approximate surface area is 109 Å². The number of nitro benzene ring substituents is 1. The van der Waals surface area contributed by atoms with Crippen LogP contribution < -0.4 is 0 Å². The second kappa shape index (κ2) is 5.85. The summed E-state index contributed by atoms with van der Waals surface area (Å²) in [6.45, 7) is 1.93. The van der Waals surface area contributed by atoms with Crippen LogP contribution in [0.4, 0.5) is 5.69 Å². The van der Waals surface area contributed by atoms with E-state index in [0.717, 1.165) is 12.5 Å². The quantitative estimate of drug-likeness (QED) is 0.371. The van der Waals surface area contributed by atoms with E-state index in [1.165, 1.54) is 12.1 Å². The second-order valence-corrected chi connectivity index (χ2v) is 5.96. The SMILES string of the molecule is CCCC#Cc1ccc([N+](=O)[O-])cc1S(=O)(=O)Cl. The van der Waals surface area contributed by atoms with Crippen molar-refractivity contribution in [2.24, 2.45) is 0 Å². The lowest BCUT2D eigenvalue weighted by molar-refractivity contribution is -0.385. The van der Waals surface area contributed by atoms with Crippen molar-refractivity contribution in [3.63, 3.8) is 0 Å². The standard InChI is InChI=1S/C11H10ClNO4S/c1-2-3-4-5-9-6-7-10(13(14)15)8-11(9)18(12,16)17/h6-8H,2-3H2,1H3. The van der Waals surface area contributed by atoms with Crippen molar-refractivity contribution in [2.45, 2.75) is 24.7 Å². The molecule has 0 atom stereocenters. The van der Waals surface area contributed by atoms with Crippen molar-refractivity contribution in [1.82, 2.24) is 0 Å². The maximum atomic E-state index is 11.3. The van der Waals surface area contributed by atoms with Gasteiger partial charge in [0, 0.05) is 34.8 Å². The van der Waals surface area contributed by atoms with E-state index in [1.54, 1.807) is 0 Å². The van der Waals surface area contributed by atoms with Gasteiger partial charge >= 0.3 is 0 Å². The molecule has 7 heteroatoms. The van der Waals surface area contributed by atoms with Crippen LogP contribution in [-0.2, 0) is 9.05 Å². The minimum absolute atomic E-state index is 0.170. The van der Waals surface area contributed by atoms with Gasteiger partial charge in [-0.3, -0.25) is 10.1 Å². The molecule has 0 radical (unpaired) electrons. The van der Waals surface area contributed by atoms with E-state index >= 15 is 0 Å². The fourth-order valence-electron chi connectivity index (χ4n) is 1.21. The molecule has 0 saturated carbocycles. The molecule has 0 aliphatic rings. The Morgan fingerprint density at radius 2 is 2.11 bits per heavy atom. The van der Waals surface area contributed by atoms with E-state index in [-0.39, 0.29) is 16.1 Å². The summed E-state index contributed by atoms with van der Waals surface area (Å²) in [6, 6.07) is 3.40. The molecule has 5 nitrogen and oxygen atoms in total. The van der Waals surface area contributed by atoms with Gasteiger partial charge in [0.15, 0.2) is 0 Å². The molecular formula is C11H10ClNO4S. The highest BCUT2D eigenvalue weighted by atomic mass is 35.7. The van der Waals surface area contributed by atoms with Gasteiger partial charge in [-0.1, -0.05) is 18.8 Å². The van der Waals surface area contributed by atoms with E-state index < -0.39 is 14.0 Å². The molecule has 0 fully saturated rings. The highest BCUT2D eigenvalue weighted by Crippen LogP contribution is 2.24. The number of hydrogen-bond donors (Lipinski definition) is 0. The summed E-state index contributed by atoms with van der Waals surface area (Å²) >= 11 is 0. The molecule has 0 aliphatic heterocycles. The molecule has 0 amide bonds. The number of rotatable bonds is 3. The van der Waals surface area contributed by atoms with Crippen LogP contribution in [0, 0.1) is 22.0 Å². The zero-order valence-corrected chi connectivity index (χ0v) is 11.1. The lowest BCUT2D eigenvalue weighted by Crippen LogP contribution is -1.97. The van der Waals surface area contributed by atoms with Gasteiger partial charge in [0.1, 0.15) is 4.90 Å². The Hall–Kier alpha value is -1.58. The maximum absolute atomic E-state index is 11.3. The van der Waals surface area contributed by atoms with Crippen LogP contribution in [0.5, 0.6) is 0 Å². The molecule has 0 saturated heterocycles. The van der Waals surface area contributed by atoms with Gasteiger partial charge < -0.3 is 0 Å². The lowest BCUT2D eigenvalue weighted by Gasteiger charge is -2.00. The van der Waals surface area contributed by atoms with Gasteiger partial charge in [0.2, 0.25) is 0 Å². The number of halogens is 1. The van der Waals surface area contributed by atoms with Crippen LogP contribution in [0.2, 0.25) is 0 Å². The largest absolute Gasteiger partial charge is 0.270 e. The summed E-state index contributed by atoms with van der Waals surface area (Å²) in [5.74, 6) is 5.42. The summed E-state index contributed by atoms with van der Waals surface area (Å²) in [7, 11) is 1.17. The minimum atomic E-state index is -4.06. The van der Waals surface area contributed by atoms with Gasteiger partial charge in [-0.2, -0.15) is 0 Å². The number of nitrogens with zero attached hydrogens (tertiary/aromatic N) is 1. The van der Waals surface area contributed by atoms with Crippen LogP contribution in [0.25, 0.3) is 0 Å². The molecule has 0 bridgehead atoms. The number of benzene rings is 1. The van der Waals surface area contributed by atoms with E-state index in [2.05, 4.69) is 11.8 Å². The average Bonchev–Trinajstić information content (AvgIpc) is 2.28. The van der Waals surface area contributed by atoms with Crippen molar-refractivity contribution in [1.29, 1.82) is 0 Å². The van der Waals surface area contributed by atoms with Crippen molar-refractivity contribution in [3.8, 4) is 11.8 Å². The monoisotopic (exact) mass is 287 g/mol. The molecule has 1 aromatic carbocycles. The fraction of sp³-hybridized carbons (Fsp3) is 0.273. The average molecular weight is 288 g/mol. The first-order valence-corrected chi connectivity index (χ1v) is 7.39. The van der Waals surface area contributed by atoms with Crippen molar-refractivity contribution in [3.05, 3.63) is 33.9 Å². The zero-order chi connectivity index (χ0) is 13.8. The number of hydrogen-bond acceptors (Lipinski definition) is 4. The third-order valence-electron chi connectivity index (χ3n) is 2.04. The second-order valence-electron chi connectivity index (χ2n) is 3.43. The Bertz CT molecular complexity index is 628. The van der Waals surface area contributed by atoms with Crippen LogP contribution in [-0.4, -0.2) is 13.3 Å². The molecule has 0 spiro atoms. The van der Waals surface area contributed by atoms with Crippen molar-refractivity contribution in [2.75, 3.05) is 0 Å². The predicted molar refractivity (Wildman–Crippen MR) is 67.9 cm³/mol. The summed E-state index contributed by atoms with van der Waals surface area (Å²) in [5.41, 5.74) is -0.167. The van der Waals surface area contributed by atoms with Crippen LogP contribution in [0.1, 0.15) is 25.3 Å². The van der Waals surface area contributed by atoms with Crippen molar-refractivity contribution >= 4 is 25.4 Å². The van der Waals surface area contributed by atoms with E-state index in [1.807, 2.05) is 6.92 Å². The van der Waals surface area contributed by atoms with E-state index in [9.17, 15) is 18.5 Å². The minimum Gasteiger partial charge on any atom is -0.258 e. The Morgan fingerprint density at radius 3 is 2.61 bits per heavy atom. The maximum Gasteiger partial charge on any atom is 0.270 e. The van der Waals surface area contributed by atoms with Gasteiger partial charge in [-0.15, -0.1) is 0 Å². The smallest absolute Gasteiger partial charge is 0.258 e. The molecule has 0 aliphatic carbocycles. The van der Waals surface area contributed by atoms with Crippen molar-refractivity contribution < 1.29 is 13.3 Å². The highest BCUT2D eigenvalue weighted by molar-refractivity contribution is 8.13. The summed E-state index contributed by atoms with van der Waals surface area (Å²) in [6.07, 6.45) is 1.45. The molecule has 96 valence electrons. The topological polar surface area (TPSA) is 77.3 Å². The molecule has 0 aromatic heterocycles. The summed E-state index contributed by atoms with van der Waals surface area (Å²) in [5, 5.41) is 10.6. The fourth-order valence-corrected chi connectivity index (χ4v) is 2.24. The van der Waals surface area contributed by atoms with E-state index in [0.29, 0.717) is 6.42 Å². The van der Waals surface area contributed by atoms with Gasteiger partial charge in [0.05, 0.1) is 4.92 Å². The predicted octanol–water partition coefficient (Wildman–Crippen LogP) is 2.67. The lowest BCUT2D eigenvalue weighted by atomic mass is 10.2. The normalized spacial score (nSPS) is 10.6. The third-order valence-corrected chi connectivity index (χ3v) is 3.40. The number of unbranched alkanes of at least 4 members (excludes halogenated alkanes) is 1. The summed E-state index contributed by atoms with van der Waals surface area (Å²) in [4.78, 5) is 9.57. The Balaban J connectivity index is 3.37. The Kier molecular flexibility index (Phi) is 4.70. The molecule has 18 heavy (non-hydrogen) atoms. The number of non-ortho nitro benzene ring substituents is 1. The van der Waals surface area contributed by atoms with Gasteiger partial charge in [-0.25, -0.2) is 8.42 Å². The van der Waals surface area contributed by atoms with Crippen LogP contribution >= 0.6 is 10.7 Å². The summed E-state index contributed by atoms with van der Waals surface area (Å²) < 4.78 is 22.7. The molecule has 0 N–H and O–H groups in total. The first-order chi connectivity index (χ1) is 8.36. The molecule has 0 unspecified atom stereocenters. The molecule has 1 aromatic rings. The van der Waals surface area contributed by atoms with Gasteiger partial charge in [-0.05, 0) is 12.5 Å². The van der Waals surface area contributed by atoms with Crippen LogP contribution in [0.3, 0.4) is 0 Å². The van der Waals surface area contributed by atoms with E-state index in [4.69, 9.17) is 10.7 Å². The third kappa shape index (κ3) is 3.72. The highest BCUT2D eigenvalue weighted by Gasteiger charge is 2.19. The number of nitro groups is 1. The van der Waals surface area contributed by atoms with Crippen LogP contribution in [0.15, 0.2) is 23.1 Å². The Morgan fingerprint density at radius 1 is 1.44 bits per heavy atom. The first-order valence-electron chi connectivity index (χ1n) is 5.08.